The molecular formula is C22H28N4O2S. The molecule has 2 amide bonds. The fourth-order valence-electron chi connectivity index (χ4n) is 3.68. The zero-order valence-electron chi connectivity index (χ0n) is 17.0. The van der Waals surface area contributed by atoms with E-state index < -0.39 is 6.04 Å². The Labute approximate surface area is 176 Å². The molecule has 1 atom stereocenters. The Kier molecular flexibility index (Phi) is 7.63. The fraction of sp³-hybridized carbons (Fsp3) is 0.455. The Morgan fingerprint density at radius 2 is 1.93 bits per heavy atom. The molecule has 0 saturated carbocycles. The lowest BCUT2D eigenvalue weighted by Crippen LogP contribution is -2.50. The predicted octanol–water partition coefficient (Wildman–Crippen LogP) is 3.11. The van der Waals surface area contributed by atoms with Crippen LogP contribution in [0.2, 0.25) is 0 Å². The summed E-state index contributed by atoms with van der Waals surface area (Å²) in [7, 11) is 0. The standard InChI is InChI=1S/C22H28N4O2S/c1-16(27)24-20(11-15-29-2)22(28)26-13-9-17(10-14-26)19-8-12-23-21(25-19)18-6-4-3-5-7-18/h3-8,12,17,20H,9-11,13-15H2,1-2H3,(H,24,27)/t20-/m0/s1. The molecule has 0 aliphatic carbocycles. The van der Waals surface area contributed by atoms with Crippen LogP contribution in [0.1, 0.15) is 37.8 Å². The third-order valence-corrected chi connectivity index (χ3v) is 5.86. The topological polar surface area (TPSA) is 75.2 Å². The van der Waals surface area contributed by atoms with E-state index in [4.69, 9.17) is 4.98 Å². The average Bonchev–Trinajstić information content (AvgIpc) is 2.77. The molecule has 0 bridgehead atoms. The maximum Gasteiger partial charge on any atom is 0.245 e. The van der Waals surface area contributed by atoms with Crippen molar-refractivity contribution in [2.75, 3.05) is 25.1 Å². The number of amides is 2. The number of hydrogen-bond acceptors (Lipinski definition) is 5. The molecule has 0 unspecified atom stereocenters. The molecule has 1 aliphatic rings. The number of benzene rings is 1. The van der Waals surface area contributed by atoms with E-state index in [2.05, 4.69) is 10.3 Å². The van der Waals surface area contributed by atoms with E-state index in [-0.39, 0.29) is 11.8 Å². The monoisotopic (exact) mass is 412 g/mol. The SMILES string of the molecule is CSCC[C@H](NC(C)=O)C(=O)N1CCC(c2ccnc(-c3ccccc3)n2)CC1. The van der Waals surface area contributed by atoms with Crippen molar-refractivity contribution < 1.29 is 9.59 Å². The molecule has 7 heteroatoms. The Morgan fingerprint density at radius 1 is 1.21 bits per heavy atom. The van der Waals surface area contributed by atoms with Gasteiger partial charge in [-0.25, -0.2) is 9.97 Å². The van der Waals surface area contributed by atoms with E-state index in [1.165, 1.54) is 6.92 Å². The molecule has 0 radical (unpaired) electrons. The number of carbonyl (C=O) groups is 2. The summed E-state index contributed by atoms with van der Waals surface area (Å²) >= 11 is 1.68. The van der Waals surface area contributed by atoms with Crippen LogP contribution < -0.4 is 5.32 Å². The van der Waals surface area contributed by atoms with Crippen LogP contribution >= 0.6 is 11.8 Å². The van der Waals surface area contributed by atoms with Crippen LogP contribution in [0.15, 0.2) is 42.6 Å². The van der Waals surface area contributed by atoms with E-state index in [9.17, 15) is 9.59 Å². The summed E-state index contributed by atoms with van der Waals surface area (Å²) < 4.78 is 0. The zero-order chi connectivity index (χ0) is 20.6. The van der Waals surface area contributed by atoms with Crippen molar-refractivity contribution in [1.82, 2.24) is 20.2 Å². The molecule has 29 heavy (non-hydrogen) atoms. The van der Waals surface area contributed by atoms with Crippen LogP contribution in [0, 0.1) is 0 Å². The first kappa shape index (κ1) is 21.3. The molecule has 2 heterocycles. The highest BCUT2D eigenvalue weighted by molar-refractivity contribution is 7.98. The Balaban J connectivity index is 1.62. The first-order valence-electron chi connectivity index (χ1n) is 10.0. The van der Waals surface area contributed by atoms with Crippen molar-refractivity contribution in [3.8, 4) is 11.4 Å². The number of aromatic nitrogens is 2. The Hall–Kier alpha value is -2.41. The molecule has 1 aliphatic heterocycles. The van der Waals surface area contributed by atoms with E-state index in [0.717, 1.165) is 35.7 Å². The van der Waals surface area contributed by atoms with Gasteiger partial charge in [-0.3, -0.25) is 9.59 Å². The van der Waals surface area contributed by atoms with Gasteiger partial charge in [0.1, 0.15) is 6.04 Å². The van der Waals surface area contributed by atoms with Crippen LogP contribution in [-0.4, -0.2) is 57.8 Å². The van der Waals surface area contributed by atoms with Gasteiger partial charge in [-0.2, -0.15) is 11.8 Å². The number of carbonyl (C=O) groups excluding carboxylic acids is 2. The summed E-state index contributed by atoms with van der Waals surface area (Å²) in [6, 6.07) is 11.5. The third kappa shape index (κ3) is 5.79. The molecule has 1 N–H and O–H groups in total. The minimum atomic E-state index is -0.430. The van der Waals surface area contributed by atoms with Gasteiger partial charge in [0.25, 0.3) is 0 Å². The predicted molar refractivity (Wildman–Crippen MR) is 117 cm³/mol. The van der Waals surface area contributed by atoms with Crippen molar-refractivity contribution in [2.24, 2.45) is 0 Å². The van der Waals surface area contributed by atoms with Gasteiger partial charge < -0.3 is 10.2 Å². The van der Waals surface area contributed by atoms with Crippen LogP contribution in [0.5, 0.6) is 0 Å². The minimum Gasteiger partial charge on any atom is -0.345 e. The molecule has 1 aromatic carbocycles. The second kappa shape index (κ2) is 10.4. The summed E-state index contributed by atoms with van der Waals surface area (Å²) in [6.07, 6.45) is 6.22. The number of likely N-dealkylation sites (tertiary alicyclic amines) is 1. The van der Waals surface area contributed by atoms with Crippen LogP contribution in [-0.2, 0) is 9.59 Å². The normalized spacial score (nSPS) is 15.7. The molecule has 3 rings (SSSR count). The van der Waals surface area contributed by atoms with Gasteiger partial charge in [-0.15, -0.1) is 0 Å². The van der Waals surface area contributed by atoms with Crippen molar-refractivity contribution in [2.45, 2.75) is 38.1 Å². The lowest BCUT2D eigenvalue weighted by molar-refractivity contribution is -0.137. The molecule has 0 spiro atoms. The van der Waals surface area contributed by atoms with Gasteiger partial charge in [0.2, 0.25) is 11.8 Å². The Morgan fingerprint density at radius 3 is 2.59 bits per heavy atom. The van der Waals surface area contributed by atoms with Gasteiger partial charge in [0, 0.05) is 43.4 Å². The van der Waals surface area contributed by atoms with Gasteiger partial charge in [0.05, 0.1) is 0 Å². The highest BCUT2D eigenvalue weighted by Gasteiger charge is 2.29. The van der Waals surface area contributed by atoms with Crippen molar-refractivity contribution in [1.29, 1.82) is 0 Å². The van der Waals surface area contributed by atoms with Gasteiger partial charge in [-0.1, -0.05) is 30.3 Å². The van der Waals surface area contributed by atoms with E-state index in [1.54, 1.807) is 11.8 Å². The van der Waals surface area contributed by atoms with Crippen LogP contribution in [0.4, 0.5) is 0 Å². The first-order valence-corrected chi connectivity index (χ1v) is 11.4. The second-order valence-electron chi connectivity index (χ2n) is 7.31. The maximum absolute atomic E-state index is 12.9. The number of rotatable bonds is 7. The molecule has 1 fully saturated rings. The highest BCUT2D eigenvalue weighted by atomic mass is 32.2. The number of piperidine rings is 1. The zero-order valence-corrected chi connectivity index (χ0v) is 17.8. The number of nitrogens with one attached hydrogen (secondary N) is 1. The van der Waals surface area contributed by atoms with Gasteiger partial charge in [0.15, 0.2) is 5.82 Å². The summed E-state index contributed by atoms with van der Waals surface area (Å²) in [4.78, 5) is 35.5. The number of thioether (sulfide) groups is 1. The summed E-state index contributed by atoms with van der Waals surface area (Å²) in [5.41, 5.74) is 2.04. The van der Waals surface area contributed by atoms with Crippen LogP contribution in [0.25, 0.3) is 11.4 Å². The van der Waals surface area contributed by atoms with E-state index in [1.807, 2.05) is 53.8 Å². The fourth-order valence-corrected chi connectivity index (χ4v) is 4.15. The molecule has 6 nitrogen and oxygen atoms in total. The van der Waals surface area contributed by atoms with Crippen molar-refractivity contribution in [3.63, 3.8) is 0 Å². The van der Waals surface area contributed by atoms with E-state index in [0.29, 0.717) is 25.4 Å². The third-order valence-electron chi connectivity index (χ3n) is 5.22. The molecular weight excluding hydrogens is 384 g/mol. The van der Waals surface area contributed by atoms with E-state index >= 15 is 0 Å². The Bertz CT molecular complexity index is 823. The molecule has 1 saturated heterocycles. The largest absolute Gasteiger partial charge is 0.345 e. The average molecular weight is 413 g/mol. The van der Waals surface area contributed by atoms with Gasteiger partial charge >= 0.3 is 0 Å². The highest BCUT2D eigenvalue weighted by Crippen LogP contribution is 2.28. The maximum atomic E-state index is 12.9. The lowest BCUT2D eigenvalue weighted by atomic mass is 9.92. The first-order chi connectivity index (χ1) is 14.1. The lowest BCUT2D eigenvalue weighted by Gasteiger charge is -2.34. The van der Waals surface area contributed by atoms with Gasteiger partial charge in [-0.05, 0) is 37.3 Å². The summed E-state index contributed by atoms with van der Waals surface area (Å²) in [5.74, 6) is 1.77. The number of nitrogens with zero attached hydrogens (tertiary/aromatic N) is 3. The van der Waals surface area contributed by atoms with Crippen molar-refractivity contribution in [3.05, 3.63) is 48.3 Å². The number of hydrogen-bond donors (Lipinski definition) is 1. The molecule has 154 valence electrons. The summed E-state index contributed by atoms with van der Waals surface area (Å²) in [5, 5.41) is 2.82. The minimum absolute atomic E-state index is 0.0281. The summed E-state index contributed by atoms with van der Waals surface area (Å²) in [6.45, 7) is 2.83. The van der Waals surface area contributed by atoms with Crippen LogP contribution in [0.3, 0.4) is 0 Å². The molecule has 1 aromatic heterocycles. The quantitative estimate of drug-likeness (QED) is 0.756. The smallest absolute Gasteiger partial charge is 0.245 e. The van der Waals surface area contributed by atoms with Crippen molar-refractivity contribution >= 4 is 23.6 Å². The molecule has 2 aromatic rings. The second-order valence-corrected chi connectivity index (χ2v) is 8.29.